The van der Waals surface area contributed by atoms with E-state index in [4.69, 9.17) is 70.4 Å². The predicted octanol–water partition coefficient (Wildman–Crippen LogP) is 12.2. The molecule has 19 aromatic heterocycles. The summed E-state index contributed by atoms with van der Waals surface area (Å²) in [7, 11) is 8.06. The van der Waals surface area contributed by atoms with Crippen molar-refractivity contribution in [1.29, 1.82) is 0 Å². The van der Waals surface area contributed by atoms with Crippen LogP contribution in [-0.4, -0.2) is 167 Å². The maximum absolute atomic E-state index is 14.0. The van der Waals surface area contributed by atoms with E-state index in [-0.39, 0.29) is 48.6 Å². The first kappa shape index (κ1) is 92.3. The predicted molar refractivity (Wildman–Crippen MR) is 492 cm³/mol. The molecule has 0 amide bonds. The number of aromatic nitrogens is 24. The van der Waals surface area contributed by atoms with Crippen LogP contribution in [0.1, 0.15) is 79.6 Å². The first-order chi connectivity index (χ1) is 65.3. The fourth-order valence-electron chi connectivity index (χ4n) is 14.3. The third kappa shape index (κ3) is 22.9. The molecule has 0 unspecified atom stereocenters. The molecule has 0 saturated heterocycles. The molecule has 135 heavy (non-hydrogen) atoms. The third-order valence-corrected chi connectivity index (χ3v) is 20.3. The van der Waals surface area contributed by atoms with Gasteiger partial charge in [0, 0.05) is 105 Å². The number of alkyl halides is 3. The molecule has 15 N–H and O–H groups in total. The standard InChI is InChI=1S/C19H21N7O3.C18H16F3N7O.C18H19N7O2.C17H16FN7O.C16H20N6O2/c1-11-8-13(25-29-11)9-21-17-16-14(23-19(20)24-17)6-7-26(16)10-12-4-5-15(27-2)18(22-12)28-3;1-10-6-13(27-29-10)8-24-16-15-14(25-17(22)26-16)4-5-28(15)9-12-3-2-11(7-23-12)18(19,20)21;1-11-7-13(24-27-11)8-21-17-16-14(22-18(19)23-17)4-6-25(16)10-12-3-5-20-9-15(12)26-2;1-10-7-11(24-26-10)8-21-16-15-13(22-17(19)23-16)4-6-25(15)9-14-12(18)3-2-5-20-14;1-23-8-6-19-15-14-12(20-16(17)21-15)4-7-22(14)10-11-3-5-18-9-13(11)24-2/h4-8H,9-10H2,1-3H3,(H3,20,21,23,24);2-7H,8-9H2,1H3,(H3,22,24,25,26);3-7,9H,8,10H2,1-2H3,(H3,19,21,22,23);2-7H,8-9H2,1H3,(H3,19,21,22,23);3-5,7,9H,6,8,10H2,1-2H3,(H3,17,19,20,21). The molecule has 696 valence electrons. The number of ether oxygens (including phenoxy) is 5. The van der Waals surface area contributed by atoms with Crippen LogP contribution in [-0.2, 0) is 69.8 Å². The van der Waals surface area contributed by atoms with E-state index in [0.717, 1.165) is 108 Å². The summed E-state index contributed by atoms with van der Waals surface area (Å²) in [5.41, 5.74) is 42.4. The molecular formula is C88H92F4N34O9. The number of rotatable bonds is 30. The first-order valence-electron chi connectivity index (χ1n) is 41.4. The highest BCUT2D eigenvalue weighted by molar-refractivity contribution is 5.91. The van der Waals surface area contributed by atoms with Crippen molar-refractivity contribution in [2.45, 2.75) is 92.8 Å². The molecule has 19 aromatic rings. The molecule has 0 radical (unpaired) electrons. The van der Waals surface area contributed by atoms with Gasteiger partial charge in [0.05, 0.1) is 157 Å². The molecule has 0 fully saturated rings. The maximum atomic E-state index is 14.0. The van der Waals surface area contributed by atoms with Crippen molar-refractivity contribution in [3.8, 4) is 23.1 Å². The zero-order chi connectivity index (χ0) is 94.8. The normalized spacial score (nSPS) is 11.2. The zero-order valence-corrected chi connectivity index (χ0v) is 74.2. The van der Waals surface area contributed by atoms with Gasteiger partial charge in [-0.3, -0.25) is 19.9 Å². The lowest BCUT2D eigenvalue weighted by atomic mass is 10.2. The van der Waals surface area contributed by atoms with Crippen molar-refractivity contribution in [1.82, 2.24) is 118 Å². The van der Waals surface area contributed by atoms with Crippen LogP contribution < -0.4 is 74.2 Å². The van der Waals surface area contributed by atoms with E-state index in [1.54, 1.807) is 115 Å². The average Bonchev–Trinajstić information content (AvgIpc) is 1.67. The van der Waals surface area contributed by atoms with Gasteiger partial charge >= 0.3 is 6.18 Å². The largest absolute Gasteiger partial charge is 0.495 e. The van der Waals surface area contributed by atoms with Gasteiger partial charge in [-0.15, -0.1) is 0 Å². The highest BCUT2D eigenvalue weighted by Gasteiger charge is 2.31. The Bertz CT molecular complexity index is 7270. The highest BCUT2D eigenvalue weighted by atomic mass is 19.4. The Kier molecular flexibility index (Phi) is 28.7. The van der Waals surface area contributed by atoms with Gasteiger partial charge in [-0.1, -0.05) is 20.6 Å². The molecule has 43 nitrogen and oxygen atoms in total. The Morgan fingerprint density at radius 2 is 0.726 bits per heavy atom. The third-order valence-electron chi connectivity index (χ3n) is 20.3. The summed E-state index contributed by atoms with van der Waals surface area (Å²) in [4.78, 5) is 63.7. The lowest BCUT2D eigenvalue weighted by Crippen LogP contribution is -2.12. The summed E-state index contributed by atoms with van der Waals surface area (Å²) in [5, 5.41) is 32.0. The van der Waals surface area contributed by atoms with Crippen molar-refractivity contribution < 1.29 is 59.3 Å². The number of aryl methyl sites for hydroxylation is 4. The van der Waals surface area contributed by atoms with Gasteiger partial charge in [0.25, 0.3) is 5.88 Å². The summed E-state index contributed by atoms with van der Waals surface area (Å²) in [6.45, 7) is 12.4. The van der Waals surface area contributed by atoms with Crippen LogP contribution in [0.5, 0.6) is 23.1 Å². The highest BCUT2D eigenvalue weighted by Crippen LogP contribution is 2.34. The van der Waals surface area contributed by atoms with E-state index in [9.17, 15) is 17.6 Å². The van der Waals surface area contributed by atoms with Crippen LogP contribution >= 0.6 is 0 Å². The molecule has 0 bridgehead atoms. The molecule has 19 rings (SSSR count). The van der Waals surface area contributed by atoms with Crippen molar-refractivity contribution in [2.75, 3.05) is 104 Å². The Labute approximate surface area is 764 Å². The molecule has 0 aromatic carbocycles. The van der Waals surface area contributed by atoms with Gasteiger partial charge in [-0.25, -0.2) is 34.3 Å². The minimum atomic E-state index is -4.42. The van der Waals surface area contributed by atoms with Crippen molar-refractivity contribution in [3.63, 3.8) is 0 Å². The number of hydrogen-bond acceptors (Lipinski definition) is 38. The van der Waals surface area contributed by atoms with Gasteiger partial charge in [0.15, 0.2) is 34.8 Å². The molecule has 0 aliphatic heterocycles. The second-order valence-electron chi connectivity index (χ2n) is 29.9. The SMILES string of the molecule is COCCNc1nc(N)nc2ccn(Cc3ccncc3OC)c12.COc1ccc(Cn2ccc3nc(N)nc(NCc4cc(C)on4)c32)nc1OC.COc1cnccc1Cn1ccc2nc(N)nc(NCc3cc(C)on3)c21.Cc1cc(CNc2nc(N)nc3ccn(Cc4ccc(C(F)(F)F)cn4)c23)no1.Cc1cc(CNc2nc(N)nc3ccn(Cc4ncccc4F)c23)no1. The topological polar surface area (TPSA) is 559 Å². The van der Waals surface area contributed by atoms with E-state index < -0.39 is 11.7 Å². The summed E-state index contributed by atoms with van der Waals surface area (Å²) >= 11 is 0. The van der Waals surface area contributed by atoms with Crippen LogP contribution in [0, 0.1) is 33.5 Å². The van der Waals surface area contributed by atoms with Gasteiger partial charge in [-0.05, 0) is 107 Å². The molecule has 0 saturated carbocycles. The van der Waals surface area contributed by atoms with Crippen LogP contribution in [0.25, 0.3) is 55.2 Å². The number of pyridine rings is 5. The van der Waals surface area contributed by atoms with Crippen molar-refractivity contribution in [2.24, 2.45) is 0 Å². The summed E-state index contributed by atoms with van der Waals surface area (Å²) in [6, 6.07) is 29.5. The second-order valence-corrected chi connectivity index (χ2v) is 29.9. The van der Waals surface area contributed by atoms with E-state index in [0.29, 0.717) is 145 Å². The number of nitrogens with one attached hydrogen (secondary N) is 5. The molecule has 0 aliphatic carbocycles. The van der Waals surface area contributed by atoms with Gasteiger partial charge in [-0.2, -0.15) is 38.1 Å². The monoisotopic (exact) mass is 1840 g/mol. The number of nitrogens with two attached hydrogens (primary N) is 5. The van der Waals surface area contributed by atoms with Crippen molar-refractivity contribution >= 4 is 114 Å². The number of nitrogen functional groups attached to an aromatic ring is 5. The maximum Gasteiger partial charge on any atom is 0.417 e. The number of hydrogen-bond donors (Lipinski definition) is 10. The minimum Gasteiger partial charge on any atom is -0.495 e. The van der Waals surface area contributed by atoms with Crippen LogP contribution in [0.15, 0.2) is 189 Å². The Hall–Kier alpha value is -17.4. The number of halogens is 4. The van der Waals surface area contributed by atoms with E-state index >= 15 is 0 Å². The first-order valence-corrected chi connectivity index (χ1v) is 41.4. The van der Waals surface area contributed by atoms with E-state index in [2.05, 4.69) is 127 Å². The Morgan fingerprint density at radius 3 is 1.06 bits per heavy atom. The number of methoxy groups -OCH3 is 5. The summed E-state index contributed by atoms with van der Waals surface area (Å²) in [5.74, 6) is 8.86. The van der Waals surface area contributed by atoms with Crippen LogP contribution in [0.2, 0.25) is 0 Å². The van der Waals surface area contributed by atoms with Gasteiger partial charge in [0.2, 0.25) is 29.7 Å². The quantitative estimate of drug-likeness (QED) is 0.0148. The smallest absolute Gasteiger partial charge is 0.417 e. The lowest BCUT2D eigenvalue weighted by molar-refractivity contribution is -0.137. The lowest BCUT2D eigenvalue weighted by Gasteiger charge is -2.12. The number of anilines is 10. The second kappa shape index (κ2) is 42.0. The molecule has 0 aliphatic rings. The van der Waals surface area contributed by atoms with Gasteiger partial charge < -0.3 is 120 Å². The Balaban J connectivity index is 0.000000129. The molecular weight excluding hydrogens is 1750 g/mol. The number of fused-ring (bicyclic) bond motifs is 5. The average molecular weight is 1850 g/mol. The summed E-state index contributed by atoms with van der Waals surface area (Å²) in [6.07, 6.45) is 14.2. The van der Waals surface area contributed by atoms with E-state index in [1.807, 2.05) is 114 Å². The van der Waals surface area contributed by atoms with Crippen LogP contribution in [0.3, 0.4) is 0 Å². The fourth-order valence-corrected chi connectivity index (χ4v) is 14.3. The Morgan fingerprint density at radius 1 is 0.363 bits per heavy atom. The zero-order valence-electron chi connectivity index (χ0n) is 74.2. The summed E-state index contributed by atoms with van der Waals surface area (Å²) < 4.78 is 109. The fraction of sp³-hybridized carbons (Fsp3) is 0.239. The van der Waals surface area contributed by atoms with Crippen molar-refractivity contribution in [3.05, 3.63) is 257 Å². The molecule has 19 heterocycles. The van der Waals surface area contributed by atoms with Gasteiger partial charge in [0.1, 0.15) is 90.7 Å². The minimum absolute atomic E-state index is 0.0988. The molecule has 47 heteroatoms. The molecule has 0 atom stereocenters. The molecule has 0 spiro atoms. The van der Waals surface area contributed by atoms with E-state index in [1.165, 1.54) is 12.1 Å². The van der Waals surface area contributed by atoms with Crippen LogP contribution in [0.4, 0.5) is 76.4 Å². The number of nitrogens with zero attached hydrogens (tertiary/aromatic N) is 24.